The summed E-state index contributed by atoms with van der Waals surface area (Å²) in [6, 6.07) is 6.62. The van der Waals surface area contributed by atoms with Gasteiger partial charge in [0.1, 0.15) is 0 Å². The molecule has 1 N–H and O–H groups in total. The molecule has 112 valence electrons. The van der Waals surface area contributed by atoms with Crippen LogP contribution in [-0.4, -0.2) is 10.7 Å². The second-order valence-corrected chi connectivity index (χ2v) is 7.41. The van der Waals surface area contributed by atoms with Crippen LogP contribution < -0.4 is 0 Å². The van der Waals surface area contributed by atoms with Crippen molar-refractivity contribution in [2.24, 2.45) is 11.8 Å². The zero-order chi connectivity index (χ0) is 14.8. The maximum atomic E-state index is 11.0. The zero-order valence-corrected chi connectivity index (χ0v) is 13.6. The molecule has 0 radical (unpaired) electrons. The van der Waals surface area contributed by atoms with Gasteiger partial charge in [-0.05, 0) is 61.6 Å². The summed E-state index contributed by atoms with van der Waals surface area (Å²) < 4.78 is 0. The summed E-state index contributed by atoms with van der Waals surface area (Å²) in [5.41, 5.74) is 3.49. The SMILES string of the molecule is Cc1ccc(CC2(O)CCCC(CC(C)C)C2)cc1C. The molecule has 1 aliphatic carbocycles. The molecule has 1 heteroatoms. The van der Waals surface area contributed by atoms with E-state index in [1.807, 2.05) is 0 Å². The van der Waals surface area contributed by atoms with Gasteiger partial charge in [-0.25, -0.2) is 0 Å². The van der Waals surface area contributed by atoms with E-state index < -0.39 is 5.60 Å². The first kappa shape index (κ1) is 15.6. The number of rotatable bonds is 4. The molecule has 1 aromatic rings. The highest BCUT2D eigenvalue weighted by molar-refractivity contribution is 5.30. The van der Waals surface area contributed by atoms with Crippen LogP contribution in [0.4, 0.5) is 0 Å². The summed E-state index contributed by atoms with van der Waals surface area (Å²) in [5.74, 6) is 1.45. The van der Waals surface area contributed by atoms with Crippen LogP contribution in [-0.2, 0) is 6.42 Å². The summed E-state index contributed by atoms with van der Waals surface area (Å²) in [5, 5.41) is 11.0. The lowest BCUT2D eigenvalue weighted by atomic mass is 9.72. The van der Waals surface area contributed by atoms with Crippen molar-refractivity contribution in [3.63, 3.8) is 0 Å². The first-order chi connectivity index (χ1) is 9.38. The van der Waals surface area contributed by atoms with Crippen molar-refractivity contribution in [2.45, 2.75) is 71.8 Å². The zero-order valence-electron chi connectivity index (χ0n) is 13.6. The molecule has 1 saturated carbocycles. The first-order valence-corrected chi connectivity index (χ1v) is 8.16. The largest absolute Gasteiger partial charge is 0.390 e. The third kappa shape index (κ3) is 4.09. The van der Waals surface area contributed by atoms with Gasteiger partial charge in [-0.2, -0.15) is 0 Å². The molecule has 0 aliphatic heterocycles. The highest BCUT2D eigenvalue weighted by atomic mass is 16.3. The Kier molecular flexibility index (Phi) is 4.90. The normalized spacial score (nSPS) is 27.0. The van der Waals surface area contributed by atoms with Gasteiger partial charge in [0.25, 0.3) is 0 Å². The second kappa shape index (κ2) is 6.30. The smallest absolute Gasteiger partial charge is 0.0690 e. The van der Waals surface area contributed by atoms with Gasteiger partial charge in [0.2, 0.25) is 0 Å². The molecule has 0 amide bonds. The van der Waals surface area contributed by atoms with E-state index in [1.165, 1.54) is 36.0 Å². The molecule has 2 unspecified atom stereocenters. The lowest BCUT2D eigenvalue weighted by molar-refractivity contribution is -0.0189. The average molecular weight is 274 g/mol. The third-order valence-corrected chi connectivity index (χ3v) is 4.83. The van der Waals surface area contributed by atoms with E-state index in [1.54, 1.807) is 0 Å². The van der Waals surface area contributed by atoms with Gasteiger partial charge in [0, 0.05) is 6.42 Å². The maximum absolute atomic E-state index is 11.0. The Balaban J connectivity index is 2.04. The highest BCUT2D eigenvalue weighted by Crippen LogP contribution is 2.37. The van der Waals surface area contributed by atoms with Crippen LogP contribution in [0.25, 0.3) is 0 Å². The molecule has 1 fully saturated rings. The minimum atomic E-state index is -0.473. The third-order valence-electron chi connectivity index (χ3n) is 4.83. The van der Waals surface area contributed by atoms with Crippen LogP contribution >= 0.6 is 0 Å². The van der Waals surface area contributed by atoms with Gasteiger partial charge in [-0.15, -0.1) is 0 Å². The molecular formula is C19H30O. The summed E-state index contributed by atoms with van der Waals surface area (Å²) in [6.45, 7) is 8.88. The molecule has 2 atom stereocenters. The number of aliphatic hydroxyl groups is 1. The van der Waals surface area contributed by atoms with Crippen molar-refractivity contribution < 1.29 is 5.11 Å². The van der Waals surface area contributed by atoms with Crippen LogP contribution in [0.3, 0.4) is 0 Å². The minimum Gasteiger partial charge on any atom is -0.390 e. The molecule has 0 spiro atoms. The highest BCUT2D eigenvalue weighted by Gasteiger charge is 2.34. The quantitative estimate of drug-likeness (QED) is 0.835. The van der Waals surface area contributed by atoms with Crippen molar-refractivity contribution in [2.75, 3.05) is 0 Å². The predicted molar refractivity (Wildman–Crippen MR) is 86.0 cm³/mol. The number of hydrogen-bond donors (Lipinski definition) is 1. The van der Waals surface area contributed by atoms with Gasteiger partial charge in [-0.1, -0.05) is 44.9 Å². The van der Waals surface area contributed by atoms with Crippen molar-refractivity contribution in [3.05, 3.63) is 34.9 Å². The molecule has 1 aromatic carbocycles. The molecular weight excluding hydrogens is 244 g/mol. The molecule has 0 aromatic heterocycles. The summed E-state index contributed by atoms with van der Waals surface area (Å²) in [7, 11) is 0. The van der Waals surface area contributed by atoms with Crippen molar-refractivity contribution in [1.82, 2.24) is 0 Å². The van der Waals surface area contributed by atoms with E-state index in [4.69, 9.17) is 0 Å². The van der Waals surface area contributed by atoms with E-state index >= 15 is 0 Å². The van der Waals surface area contributed by atoms with Crippen LogP contribution in [0.1, 0.15) is 62.6 Å². The fourth-order valence-corrected chi connectivity index (χ4v) is 3.78. The van der Waals surface area contributed by atoms with Crippen LogP contribution in [0.5, 0.6) is 0 Å². The molecule has 1 nitrogen and oxygen atoms in total. The van der Waals surface area contributed by atoms with E-state index in [0.717, 1.165) is 25.2 Å². The van der Waals surface area contributed by atoms with E-state index in [-0.39, 0.29) is 0 Å². The molecule has 0 saturated heterocycles. The average Bonchev–Trinajstić information content (AvgIpc) is 2.32. The van der Waals surface area contributed by atoms with Crippen molar-refractivity contribution in [3.8, 4) is 0 Å². The molecule has 0 bridgehead atoms. The van der Waals surface area contributed by atoms with E-state index in [9.17, 15) is 5.11 Å². The van der Waals surface area contributed by atoms with E-state index in [2.05, 4.69) is 45.9 Å². The van der Waals surface area contributed by atoms with Gasteiger partial charge in [0.15, 0.2) is 0 Å². The Hall–Kier alpha value is -0.820. The minimum absolute atomic E-state index is 0.473. The number of aryl methyl sites for hydroxylation is 2. The summed E-state index contributed by atoms with van der Waals surface area (Å²) in [6.07, 6.45) is 6.51. The fraction of sp³-hybridized carbons (Fsp3) is 0.684. The first-order valence-electron chi connectivity index (χ1n) is 8.16. The Bertz CT molecular complexity index is 449. The summed E-state index contributed by atoms with van der Waals surface area (Å²) >= 11 is 0. The Labute approximate surface area is 124 Å². The number of benzene rings is 1. The van der Waals surface area contributed by atoms with Crippen LogP contribution in [0, 0.1) is 25.7 Å². The van der Waals surface area contributed by atoms with Crippen molar-refractivity contribution in [1.29, 1.82) is 0 Å². The van der Waals surface area contributed by atoms with Gasteiger partial charge in [-0.3, -0.25) is 0 Å². The number of hydrogen-bond acceptors (Lipinski definition) is 1. The monoisotopic (exact) mass is 274 g/mol. The van der Waals surface area contributed by atoms with Gasteiger partial charge >= 0.3 is 0 Å². The van der Waals surface area contributed by atoms with Crippen LogP contribution in [0.2, 0.25) is 0 Å². The fourth-order valence-electron chi connectivity index (χ4n) is 3.78. The molecule has 20 heavy (non-hydrogen) atoms. The molecule has 0 heterocycles. The Morgan fingerprint density at radius 3 is 2.65 bits per heavy atom. The van der Waals surface area contributed by atoms with E-state index in [0.29, 0.717) is 5.92 Å². The van der Waals surface area contributed by atoms with Gasteiger partial charge < -0.3 is 5.11 Å². The standard InChI is InChI=1S/C19H30O/c1-14(2)10-17-6-5-9-19(20,12-17)13-18-8-7-15(3)16(4)11-18/h7-8,11,14,17,20H,5-6,9-10,12-13H2,1-4H3. The van der Waals surface area contributed by atoms with Crippen LogP contribution in [0.15, 0.2) is 18.2 Å². The van der Waals surface area contributed by atoms with Gasteiger partial charge in [0.05, 0.1) is 5.60 Å². The second-order valence-electron chi connectivity index (χ2n) is 7.41. The van der Waals surface area contributed by atoms with Crippen molar-refractivity contribution >= 4 is 0 Å². The summed E-state index contributed by atoms with van der Waals surface area (Å²) in [4.78, 5) is 0. The Morgan fingerprint density at radius 1 is 1.25 bits per heavy atom. The topological polar surface area (TPSA) is 20.2 Å². The lowest BCUT2D eigenvalue weighted by Gasteiger charge is -2.38. The maximum Gasteiger partial charge on any atom is 0.0690 e. The predicted octanol–water partition coefficient (Wildman–Crippen LogP) is 4.81. The molecule has 1 aliphatic rings. The molecule has 2 rings (SSSR count). The Morgan fingerprint density at radius 2 is 2.00 bits per heavy atom. The lowest BCUT2D eigenvalue weighted by Crippen LogP contribution is -2.37.